The predicted molar refractivity (Wildman–Crippen MR) is 101 cm³/mol. The van der Waals surface area contributed by atoms with Crippen molar-refractivity contribution in [1.82, 2.24) is 5.32 Å². The first kappa shape index (κ1) is 17.9. The number of amides is 1. The zero-order valence-electron chi connectivity index (χ0n) is 14.1. The normalized spacial score (nSPS) is 16.2. The van der Waals surface area contributed by atoms with Gasteiger partial charge in [0.2, 0.25) is 11.8 Å². The number of ether oxygens (including phenoxy) is 1. The third kappa shape index (κ3) is 4.58. The molecule has 0 radical (unpaired) electrons. The van der Waals surface area contributed by atoms with E-state index >= 15 is 0 Å². The van der Waals surface area contributed by atoms with Gasteiger partial charge in [0.15, 0.2) is 5.70 Å². The molecule has 1 amide bonds. The zero-order chi connectivity index (χ0) is 18.5. The molecule has 0 aliphatic carbocycles. The van der Waals surface area contributed by atoms with E-state index in [2.05, 4.69) is 10.3 Å². The Morgan fingerprint density at radius 3 is 2.69 bits per heavy atom. The molecule has 1 unspecified atom stereocenters. The Labute approximate surface area is 156 Å². The van der Waals surface area contributed by atoms with E-state index in [9.17, 15) is 9.59 Å². The number of carbonyl (C=O) groups excluding carboxylic acids is 2. The van der Waals surface area contributed by atoms with Crippen molar-refractivity contribution in [2.24, 2.45) is 4.99 Å². The van der Waals surface area contributed by atoms with Gasteiger partial charge in [-0.2, -0.15) is 0 Å². The smallest absolute Gasteiger partial charge is 0.363 e. The molecule has 1 atom stereocenters. The van der Waals surface area contributed by atoms with Gasteiger partial charge in [0.1, 0.15) is 6.04 Å². The second-order valence-electron chi connectivity index (χ2n) is 5.87. The number of hydrogen-bond donors (Lipinski definition) is 1. The summed E-state index contributed by atoms with van der Waals surface area (Å²) >= 11 is 5.96. The SMILES string of the molecule is CC(=O)NC(Cc1ccccc1)C1=NC(=Cc2cccc(Cl)c2)C(=O)O1. The first-order valence-electron chi connectivity index (χ1n) is 8.10. The van der Waals surface area contributed by atoms with Crippen LogP contribution in [-0.4, -0.2) is 23.8 Å². The van der Waals surface area contributed by atoms with Crippen LogP contribution in [0.1, 0.15) is 18.1 Å². The predicted octanol–water partition coefficient (Wildman–Crippen LogP) is 3.38. The van der Waals surface area contributed by atoms with Crippen LogP contribution in [0.2, 0.25) is 5.02 Å². The second kappa shape index (κ2) is 7.97. The highest BCUT2D eigenvalue weighted by Gasteiger charge is 2.30. The van der Waals surface area contributed by atoms with Crippen molar-refractivity contribution in [2.45, 2.75) is 19.4 Å². The fourth-order valence-corrected chi connectivity index (χ4v) is 2.82. The molecule has 2 aromatic carbocycles. The van der Waals surface area contributed by atoms with Gasteiger partial charge in [-0.25, -0.2) is 9.79 Å². The number of nitrogens with zero attached hydrogens (tertiary/aromatic N) is 1. The maximum atomic E-state index is 12.2. The molecule has 0 fully saturated rings. The molecular formula is C20H17ClN2O3. The largest absolute Gasteiger partial charge is 0.404 e. The van der Waals surface area contributed by atoms with Crippen molar-refractivity contribution < 1.29 is 14.3 Å². The Balaban J connectivity index is 1.86. The number of aliphatic imine (C=N–C) groups is 1. The number of benzene rings is 2. The number of nitrogens with one attached hydrogen (secondary N) is 1. The molecule has 26 heavy (non-hydrogen) atoms. The fraction of sp³-hybridized carbons (Fsp3) is 0.150. The molecule has 0 aromatic heterocycles. The molecule has 3 rings (SSSR count). The monoisotopic (exact) mass is 368 g/mol. The van der Waals surface area contributed by atoms with E-state index in [-0.39, 0.29) is 17.5 Å². The molecule has 0 spiro atoms. The summed E-state index contributed by atoms with van der Waals surface area (Å²) in [5.74, 6) is -0.595. The molecule has 1 aliphatic rings. The summed E-state index contributed by atoms with van der Waals surface area (Å²) in [7, 11) is 0. The topological polar surface area (TPSA) is 67.8 Å². The van der Waals surface area contributed by atoms with Gasteiger partial charge in [0.25, 0.3) is 0 Å². The third-order valence-corrected chi connectivity index (χ3v) is 3.98. The lowest BCUT2D eigenvalue weighted by molar-refractivity contribution is -0.130. The molecule has 2 aromatic rings. The van der Waals surface area contributed by atoms with Crippen LogP contribution < -0.4 is 5.32 Å². The molecule has 0 saturated heterocycles. The minimum absolute atomic E-state index is 0.172. The second-order valence-corrected chi connectivity index (χ2v) is 6.30. The van der Waals surface area contributed by atoms with Crippen molar-refractivity contribution in [3.8, 4) is 0 Å². The van der Waals surface area contributed by atoms with Crippen molar-refractivity contribution in [3.63, 3.8) is 0 Å². The number of halogens is 1. The summed E-state index contributed by atoms with van der Waals surface area (Å²) in [6.07, 6.45) is 2.07. The van der Waals surface area contributed by atoms with E-state index in [1.54, 1.807) is 24.3 Å². The summed E-state index contributed by atoms with van der Waals surface area (Å²) in [6.45, 7) is 1.41. The van der Waals surface area contributed by atoms with Crippen LogP contribution >= 0.6 is 11.6 Å². The number of rotatable bonds is 5. The van der Waals surface area contributed by atoms with Crippen LogP contribution in [0, 0.1) is 0 Å². The average molecular weight is 369 g/mol. The summed E-state index contributed by atoms with van der Waals surface area (Å²) in [6, 6.07) is 16.2. The van der Waals surface area contributed by atoms with Gasteiger partial charge in [0, 0.05) is 18.4 Å². The first-order valence-corrected chi connectivity index (χ1v) is 8.48. The van der Waals surface area contributed by atoms with Crippen LogP contribution in [0.4, 0.5) is 0 Å². The summed E-state index contributed by atoms with van der Waals surface area (Å²) < 4.78 is 5.31. The molecule has 6 heteroatoms. The Hall–Kier alpha value is -2.92. The van der Waals surface area contributed by atoms with Gasteiger partial charge in [-0.1, -0.05) is 54.1 Å². The first-order chi connectivity index (χ1) is 12.5. The van der Waals surface area contributed by atoms with E-state index in [1.165, 1.54) is 6.92 Å². The van der Waals surface area contributed by atoms with Gasteiger partial charge in [-0.15, -0.1) is 0 Å². The number of carbonyl (C=O) groups is 2. The minimum Gasteiger partial charge on any atom is -0.404 e. The van der Waals surface area contributed by atoms with Gasteiger partial charge < -0.3 is 10.1 Å². The molecule has 0 saturated carbocycles. The van der Waals surface area contributed by atoms with Crippen LogP contribution in [-0.2, 0) is 20.7 Å². The average Bonchev–Trinajstić information content (AvgIpc) is 2.96. The highest BCUT2D eigenvalue weighted by molar-refractivity contribution is 6.30. The van der Waals surface area contributed by atoms with Gasteiger partial charge in [0.05, 0.1) is 0 Å². The molecule has 0 bridgehead atoms. The van der Waals surface area contributed by atoms with E-state index in [0.29, 0.717) is 11.4 Å². The Morgan fingerprint density at radius 2 is 2.00 bits per heavy atom. The van der Waals surface area contributed by atoms with Crippen molar-refractivity contribution in [3.05, 3.63) is 76.4 Å². The quantitative estimate of drug-likeness (QED) is 0.649. The fourth-order valence-electron chi connectivity index (χ4n) is 2.62. The van der Waals surface area contributed by atoms with Crippen molar-refractivity contribution in [2.75, 3.05) is 0 Å². The maximum Gasteiger partial charge on any atom is 0.363 e. The lowest BCUT2D eigenvalue weighted by atomic mass is 10.1. The molecule has 5 nitrogen and oxygen atoms in total. The summed E-state index contributed by atoms with van der Waals surface area (Å²) in [5, 5.41) is 3.35. The van der Waals surface area contributed by atoms with E-state index in [4.69, 9.17) is 16.3 Å². The van der Waals surface area contributed by atoms with Crippen LogP contribution in [0.5, 0.6) is 0 Å². The minimum atomic E-state index is -0.552. The lowest BCUT2D eigenvalue weighted by Gasteiger charge is -2.16. The number of esters is 1. The molecule has 1 aliphatic heterocycles. The molecule has 132 valence electrons. The Bertz CT molecular complexity index is 891. The van der Waals surface area contributed by atoms with Crippen molar-refractivity contribution in [1.29, 1.82) is 0 Å². The Kier molecular flexibility index (Phi) is 5.49. The molecule has 1 N–H and O–H groups in total. The molecular weight excluding hydrogens is 352 g/mol. The van der Waals surface area contributed by atoms with E-state index < -0.39 is 12.0 Å². The molecule has 1 heterocycles. The highest BCUT2D eigenvalue weighted by atomic mass is 35.5. The highest BCUT2D eigenvalue weighted by Crippen LogP contribution is 2.20. The van der Waals surface area contributed by atoms with E-state index in [0.717, 1.165) is 11.1 Å². The standard InChI is InChI=1S/C20H17ClN2O3/c1-13(24)22-17(11-14-6-3-2-4-7-14)19-23-18(20(25)26-19)12-15-8-5-9-16(21)10-15/h2-10,12,17H,11H2,1H3,(H,22,24). The number of hydrogen-bond acceptors (Lipinski definition) is 4. The van der Waals surface area contributed by atoms with Gasteiger partial charge in [-0.3, -0.25) is 4.79 Å². The maximum absolute atomic E-state index is 12.2. The Morgan fingerprint density at radius 1 is 1.23 bits per heavy atom. The number of cyclic esters (lactones) is 1. The van der Waals surface area contributed by atoms with Crippen LogP contribution in [0.15, 0.2) is 65.3 Å². The van der Waals surface area contributed by atoms with Gasteiger partial charge >= 0.3 is 5.97 Å². The van der Waals surface area contributed by atoms with Crippen molar-refractivity contribution >= 4 is 35.5 Å². The third-order valence-electron chi connectivity index (χ3n) is 3.75. The van der Waals surface area contributed by atoms with E-state index in [1.807, 2.05) is 36.4 Å². The summed E-state index contributed by atoms with van der Waals surface area (Å²) in [5.41, 5.74) is 1.91. The van der Waals surface area contributed by atoms with Crippen LogP contribution in [0.3, 0.4) is 0 Å². The van der Waals surface area contributed by atoms with Gasteiger partial charge in [-0.05, 0) is 29.3 Å². The lowest BCUT2D eigenvalue weighted by Crippen LogP contribution is -2.41. The summed E-state index contributed by atoms with van der Waals surface area (Å²) in [4.78, 5) is 28.0. The van der Waals surface area contributed by atoms with Crippen LogP contribution in [0.25, 0.3) is 6.08 Å². The zero-order valence-corrected chi connectivity index (χ0v) is 14.9.